The van der Waals surface area contributed by atoms with Crippen LogP contribution in [-0.2, 0) is 0 Å². The van der Waals surface area contributed by atoms with Gasteiger partial charge in [-0.15, -0.1) is 0 Å². The minimum atomic E-state index is -0.254. The molecule has 116 valence electrons. The lowest BCUT2D eigenvalue weighted by Gasteiger charge is -2.10. The number of amides is 1. The van der Waals surface area contributed by atoms with E-state index in [2.05, 4.69) is 10.4 Å². The predicted octanol–water partition coefficient (Wildman–Crippen LogP) is 4.39. The number of hydrogen-bond donors (Lipinski definition) is 1. The Morgan fingerprint density at radius 1 is 1.09 bits per heavy atom. The van der Waals surface area contributed by atoms with Crippen LogP contribution in [0.15, 0.2) is 54.6 Å². The molecule has 2 aromatic carbocycles. The summed E-state index contributed by atoms with van der Waals surface area (Å²) < 4.78 is 1.71. The summed E-state index contributed by atoms with van der Waals surface area (Å²) in [6.07, 6.45) is 0. The van der Waals surface area contributed by atoms with Gasteiger partial charge in [0.25, 0.3) is 5.91 Å². The van der Waals surface area contributed by atoms with Gasteiger partial charge in [-0.2, -0.15) is 5.10 Å². The van der Waals surface area contributed by atoms with Crippen molar-refractivity contribution in [1.29, 1.82) is 0 Å². The second-order valence-corrected chi connectivity index (χ2v) is 5.69. The van der Waals surface area contributed by atoms with Crippen molar-refractivity contribution in [3.05, 3.63) is 76.4 Å². The Balaban J connectivity index is 1.95. The molecule has 23 heavy (non-hydrogen) atoms. The van der Waals surface area contributed by atoms with E-state index in [0.29, 0.717) is 16.4 Å². The lowest BCUT2D eigenvalue weighted by molar-refractivity contribution is 0.102. The first-order valence-corrected chi connectivity index (χ1v) is 7.62. The first-order valence-electron chi connectivity index (χ1n) is 7.25. The Hall–Kier alpha value is -2.59. The number of carbonyl (C=O) groups excluding carboxylic acids is 1. The molecule has 0 aliphatic carbocycles. The highest BCUT2D eigenvalue weighted by molar-refractivity contribution is 6.35. The van der Waals surface area contributed by atoms with Gasteiger partial charge in [0.15, 0.2) is 0 Å². The summed E-state index contributed by atoms with van der Waals surface area (Å²) in [5.74, 6) is 0.354. The molecule has 0 atom stereocenters. The Bertz CT molecular complexity index is 856. The Labute approximate surface area is 139 Å². The van der Waals surface area contributed by atoms with Gasteiger partial charge in [-0.3, -0.25) is 4.79 Å². The number of para-hydroxylation sites is 1. The lowest BCUT2D eigenvalue weighted by Crippen LogP contribution is -2.15. The first kappa shape index (κ1) is 15.3. The molecular formula is C18H16ClN3O. The van der Waals surface area contributed by atoms with Crippen LogP contribution in [0.5, 0.6) is 0 Å². The van der Waals surface area contributed by atoms with Crippen LogP contribution in [0.2, 0.25) is 5.02 Å². The smallest absolute Gasteiger partial charge is 0.258 e. The molecule has 5 heteroatoms. The number of halogens is 1. The van der Waals surface area contributed by atoms with Crippen LogP contribution in [0.1, 0.15) is 21.6 Å². The molecule has 3 rings (SSSR count). The zero-order valence-electron chi connectivity index (χ0n) is 12.9. The SMILES string of the molecule is Cc1cc(NC(=O)c2cccc(C)c2Cl)n(-c2ccccc2)n1. The van der Waals surface area contributed by atoms with E-state index in [0.717, 1.165) is 16.9 Å². The van der Waals surface area contributed by atoms with Gasteiger partial charge in [-0.25, -0.2) is 4.68 Å². The summed E-state index contributed by atoms with van der Waals surface area (Å²) in [6.45, 7) is 3.76. The van der Waals surface area contributed by atoms with Crippen LogP contribution >= 0.6 is 11.6 Å². The van der Waals surface area contributed by atoms with E-state index in [1.54, 1.807) is 10.7 Å². The number of nitrogens with zero attached hydrogens (tertiary/aromatic N) is 2. The monoisotopic (exact) mass is 325 g/mol. The summed E-state index contributed by atoms with van der Waals surface area (Å²) in [5, 5.41) is 7.79. The standard InChI is InChI=1S/C18H16ClN3O/c1-12-7-6-10-15(17(12)19)18(23)20-16-11-13(2)21-22(16)14-8-4-3-5-9-14/h3-11H,1-2H3,(H,20,23). The second kappa shape index (κ2) is 6.26. The number of benzene rings is 2. The molecule has 0 bridgehead atoms. The number of hydrogen-bond acceptors (Lipinski definition) is 2. The van der Waals surface area contributed by atoms with Crippen molar-refractivity contribution in [2.75, 3.05) is 5.32 Å². The van der Waals surface area contributed by atoms with Gasteiger partial charge in [-0.1, -0.05) is 41.9 Å². The molecular weight excluding hydrogens is 310 g/mol. The van der Waals surface area contributed by atoms with Gasteiger partial charge in [0, 0.05) is 6.07 Å². The summed E-state index contributed by atoms with van der Waals surface area (Å²) >= 11 is 6.23. The fourth-order valence-electron chi connectivity index (χ4n) is 2.36. The van der Waals surface area contributed by atoms with E-state index in [4.69, 9.17) is 11.6 Å². The number of aromatic nitrogens is 2. The highest BCUT2D eigenvalue weighted by atomic mass is 35.5. The van der Waals surface area contributed by atoms with Crippen LogP contribution in [0.25, 0.3) is 5.69 Å². The average Bonchev–Trinajstić information content (AvgIpc) is 2.91. The summed E-state index contributed by atoms with van der Waals surface area (Å²) in [7, 11) is 0. The van der Waals surface area contributed by atoms with Crippen molar-refractivity contribution in [3.63, 3.8) is 0 Å². The van der Waals surface area contributed by atoms with E-state index in [1.165, 1.54) is 0 Å². The summed E-state index contributed by atoms with van der Waals surface area (Å²) in [4.78, 5) is 12.5. The van der Waals surface area contributed by atoms with Crippen LogP contribution in [-0.4, -0.2) is 15.7 Å². The van der Waals surface area contributed by atoms with Crippen molar-refractivity contribution in [2.24, 2.45) is 0 Å². The molecule has 0 spiro atoms. The van der Waals surface area contributed by atoms with Gasteiger partial charge in [-0.05, 0) is 37.6 Å². The van der Waals surface area contributed by atoms with E-state index in [-0.39, 0.29) is 5.91 Å². The Morgan fingerprint density at radius 3 is 2.57 bits per heavy atom. The minimum absolute atomic E-state index is 0.254. The molecule has 0 unspecified atom stereocenters. The highest BCUT2D eigenvalue weighted by Gasteiger charge is 2.15. The molecule has 0 saturated carbocycles. The number of carbonyl (C=O) groups is 1. The third kappa shape index (κ3) is 3.12. The van der Waals surface area contributed by atoms with Gasteiger partial charge >= 0.3 is 0 Å². The third-order valence-corrected chi connectivity index (χ3v) is 4.01. The van der Waals surface area contributed by atoms with Gasteiger partial charge in [0.2, 0.25) is 0 Å². The average molecular weight is 326 g/mol. The predicted molar refractivity (Wildman–Crippen MR) is 92.4 cm³/mol. The van der Waals surface area contributed by atoms with Gasteiger partial charge in [0.05, 0.1) is 22.0 Å². The molecule has 1 aromatic heterocycles. The zero-order valence-corrected chi connectivity index (χ0v) is 13.6. The maximum atomic E-state index is 12.5. The van der Waals surface area contributed by atoms with Crippen LogP contribution < -0.4 is 5.32 Å². The largest absolute Gasteiger partial charge is 0.306 e. The zero-order chi connectivity index (χ0) is 16.4. The Morgan fingerprint density at radius 2 is 1.83 bits per heavy atom. The van der Waals surface area contributed by atoms with E-state index >= 15 is 0 Å². The third-order valence-electron chi connectivity index (χ3n) is 3.51. The minimum Gasteiger partial charge on any atom is -0.306 e. The number of nitrogens with one attached hydrogen (secondary N) is 1. The molecule has 4 nitrogen and oxygen atoms in total. The van der Waals surface area contributed by atoms with Gasteiger partial charge < -0.3 is 5.32 Å². The fourth-order valence-corrected chi connectivity index (χ4v) is 2.57. The van der Waals surface area contributed by atoms with E-state index in [1.807, 2.05) is 62.4 Å². The van der Waals surface area contributed by atoms with Gasteiger partial charge in [0.1, 0.15) is 5.82 Å². The van der Waals surface area contributed by atoms with Crippen molar-refractivity contribution >= 4 is 23.3 Å². The van der Waals surface area contributed by atoms with Crippen LogP contribution in [0.4, 0.5) is 5.82 Å². The second-order valence-electron chi connectivity index (χ2n) is 5.31. The van der Waals surface area contributed by atoms with Crippen molar-refractivity contribution in [2.45, 2.75) is 13.8 Å². The molecule has 0 fully saturated rings. The Kier molecular flexibility index (Phi) is 4.17. The molecule has 0 saturated heterocycles. The maximum absolute atomic E-state index is 12.5. The van der Waals surface area contributed by atoms with E-state index in [9.17, 15) is 4.79 Å². The highest BCUT2D eigenvalue weighted by Crippen LogP contribution is 2.23. The number of aryl methyl sites for hydroxylation is 2. The first-order chi connectivity index (χ1) is 11.1. The van der Waals surface area contributed by atoms with Crippen molar-refractivity contribution < 1.29 is 4.79 Å². The molecule has 1 amide bonds. The summed E-state index contributed by atoms with van der Waals surface area (Å²) in [6, 6.07) is 16.9. The topological polar surface area (TPSA) is 46.9 Å². The number of anilines is 1. The van der Waals surface area contributed by atoms with E-state index < -0.39 is 0 Å². The molecule has 0 aliphatic heterocycles. The van der Waals surface area contributed by atoms with Crippen LogP contribution in [0, 0.1) is 13.8 Å². The van der Waals surface area contributed by atoms with Crippen molar-refractivity contribution in [3.8, 4) is 5.69 Å². The molecule has 0 radical (unpaired) electrons. The molecule has 1 N–H and O–H groups in total. The molecule has 0 aliphatic rings. The summed E-state index contributed by atoms with van der Waals surface area (Å²) in [5.41, 5.74) is 3.02. The fraction of sp³-hybridized carbons (Fsp3) is 0.111. The quantitative estimate of drug-likeness (QED) is 0.776. The molecule has 3 aromatic rings. The lowest BCUT2D eigenvalue weighted by atomic mass is 10.1. The van der Waals surface area contributed by atoms with Crippen LogP contribution in [0.3, 0.4) is 0 Å². The normalized spacial score (nSPS) is 10.6. The van der Waals surface area contributed by atoms with Crippen molar-refractivity contribution in [1.82, 2.24) is 9.78 Å². The maximum Gasteiger partial charge on any atom is 0.258 e. The molecule has 1 heterocycles. The number of rotatable bonds is 3.